The Morgan fingerprint density at radius 3 is 1.66 bits per heavy atom. The van der Waals surface area contributed by atoms with Crippen molar-refractivity contribution in [3.63, 3.8) is 0 Å². The van der Waals surface area contributed by atoms with E-state index in [1.165, 1.54) is 0 Å². The van der Waals surface area contributed by atoms with E-state index in [4.69, 9.17) is 0 Å². The van der Waals surface area contributed by atoms with Crippen LogP contribution in [0.25, 0.3) is 44.5 Å². The van der Waals surface area contributed by atoms with Gasteiger partial charge in [-0.1, -0.05) is 109 Å². The first-order valence-corrected chi connectivity index (χ1v) is 11.4. The van der Waals surface area contributed by atoms with E-state index in [2.05, 4.69) is 30.3 Å². The Kier molecular flexibility index (Phi) is 6.28. The number of rotatable bonds is 5. The summed E-state index contributed by atoms with van der Waals surface area (Å²) in [4.78, 5) is 0. The molecule has 0 atom stereocenters. The van der Waals surface area contributed by atoms with Crippen molar-refractivity contribution in [2.24, 2.45) is 0 Å². The molecule has 0 aliphatic rings. The second-order valence-corrected chi connectivity index (χ2v) is 8.33. The van der Waals surface area contributed by atoms with E-state index in [1.807, 2.05) is 91.0 Å². The molecule has 0 unspecified atom stereocenters. The lowest BCUT2D eigenvalue weighted by atomic mass is 9.77. The summed E-state index contributed by atoms with van der Waals surface area (Å²) in [6, 6.07) is 41.8. The largest absolute Gasteiger partial charge is 0.488 e. The molecule has 3 nitrogen and oxygen atoms in total. The standard InChI is InChI=1S/C31H22BNO2/c33-21-22-9-8-12-24(19-22)26-13-4-5-14-27(26)28-15-6-7-16-29(28)30-18-17-25(32(34)35)20-31(30)23-10-2-1-3-11-23/h1-20,34-35H. The molecule has 0 radical (unpaired) electrons. The second-order valence-electron chi connectivity index (χ2n) is 8.33. The molecule has 5 aromatic rings. The third-order valence-electron chi connectivity index (χ3n) is 6.16. The minimum atomic E-state index is -1.55. The summed E-state index contributed by atoms with van der Waals surface area (Å²) in [5, 5.41) is 29.1. The molecule has 5 aromatic carbocycles. The quantitative estimate of drug-likeness (QED) is 0.327. The lowest BCUT2D eigenvalue weighted by molar-refractivity contribution is 0.426. The van der Waals surface area contributed by atoms with E-state index in [1.54, 1.807) is 6.07 Å². The lowest BCUT2D eigenvalue weighted by Crippen LogP contribution is -2.29. The first-order valence-electron chi connectivity index (χ1n) is 11.4. The number of hydrogen-bond donors (Lipinski definition) is 2. The van der Waals surface area contributed by atoms with Crippen molar-refractivity contribution in [1.82, 2.24) is 0 Å². The molecule has 0 bridgehead atoms. The van der Waals surface area contributed by atoms with Gasteiger partial charge in [0.15, 0.2) is 0 Å². The summed E-state index contributed by atoms with van der Waals surface area (Å²) in [6.07, 6.45) is 0. The van der Waals surface area contributed by atoms with Crippen LogP contribution in [0.3, 0.4) is 0 Å². The van der Waals surface area contributed by atoms with Crippen LogP contribution in [0, 0.1) is 11.3 Å². The van der Waals surface area contributed by atoms with Crippen molar-refractivity contribution in [3.05, 3.63) is 127 Å². The van der Waals surface area contributed by atoms with Gasteiger partial charge in [0.2, 0.25) is 0 Å². The van der Waals surface area contributed by atoms with E-state index in [0.717, 1.165) is 44.5 Å². The van der Waals surface area contributed by atoms with Crippen LogP contribution in [-0.4, -0.2) is 17.2 Å². The molecule has 35 heavy (non-hydrogen) atoms. The minimum absolute atomic E-state index is 0.443. The molecule has 0 saturated carbocycles. The highest BCUT2D eigenvalue weighted by Crippen LogP contribution is 2.41. The SMILES string of the molecule is N#Cc1cccc(-c2ccccc2-c2ccccc2-c2ccc(B(O)O)cc2-c2ccccc2)c1. The molecule has 0 aromatic heterocycles. The molecule has 5 rings (SSSR count). The Balaban J connectivity index is 1.74. The molecular formula is C31H22BNO2. The maximum absolute atomic E-state index is 9.83. The minimum Gasteiger partial charge on any atom is -0.423 e. The van der Waals surface area contributed by atoms with Crippen LogP contribution in [0.2, 0.25) is 0 Å². The average Bonchev–Trinajstić information content (AvgIpc) is 2.93. The smallest absolute Gasteiger partial charge is 0.423 e. The van der Waals surface area contributed by atoms with Gasteiger partial charge in [-0.2, -0.15) is 5.26 Å². The second kappa shape index (κ2) is 9.83. The van der Waals surface area contributed by atoms with Gasteiger partial charge in [-0.05, 0) is 62.1 Å². The van der Waals surface area contributed by atoms with Crippen LogP contribution in [0.1, 0.15) is 5.56 Å². The van der Waals surface area contributed by atoms with E-state index < -0.39 is 7.12 Å². The first kappa shape index (κ1) is 22.4. The van der Waals surface area contributed by atoms with Crippen molar-refractivity contribution in [3.8, 4) is 50.6 Å². The zero-order valence-corrected chi connectivity index (χ0v) is 19.0. The van der Waals surface area contributed by atoms with Crippen LogP contribution in [0.5, 0.6) is 0 Å². The van der Waals surface area contributed by atoms with Crippen molar-refractivity contribution in [1.29, 1.82) is 5.26 Å². The summed E-state index contributed by atoms with van der Waals surface area (Å²) >= 11 is 0. The molecule has 0 spiro atoms. The van der Waals surface area contributed by atoms with Crippen LogP contribution >= 0.6 is 0 Å². The summed E-state index contributed by atoms with van der Waals surface area (Å²) in [6.45, 7) is 0. The van der Waals surface area contributed by atoms with E-state index in [0.29, 0.717) is 11.0 Å². The molecule has 0 saturated heterocycles. The van der Waals surface area contributed by atoms with Gasteiger partial charge < -0.3 is 10.0 Å². The van der Waals surface area contributed by atoms with Crippen molar-refractivity contribution >= 4 is 12.6 Å². The molecule has 0 aliphatic carbocycles. The highest BCUT2D eigenvalue weighted by molar-refractivity contribution is 6.58. The van der Waals surface area contributed by atoms with Gasteiger partial charge in [0.1, 0.15) is 0 Å². The van der Waals surface area contributed by atoms with Gasteiger partial charge in [-0.25, -0.2) is 0 Å². The van der Waals surface area contributed by atoms with Crippen molar-refractivity contribution in [2.75, 3.05) is 0 Å². The van der Waals surface area contributed by atoms with Gasteiger partial charge in [0.05, 0.1) is 11.6 Å². The third-order valence-corrected chi connectivity index (χ3v) is 6.16. The first-order chi connectivity index (χ1) is 17.2. The fraction of sp³-hybridized carbons (Fsp3) is 0. The molecule has 166 valence electrons. The molecule has 4 heteroatoms. The Morgan fingerprint density at radius 2 is 1.03 bits per heavy atom. The Labute approximate surface area is 205 Å². The van der Waals surface area contributed by atoms with Crippen LogP contribution in [0.4, 0.5) is 0 Å². The van der Waals surface area contributed by atoms with Gasteiger partial charge >= 0.3 is 7.12 Å². The zero-order valence-electron chi connectivity index (χ0n) is 19.0. The molecule has 2 N–H and O–H groups in total. The maximum atomic E-state index is 9.83. The van der Waals surface area contributed by atoms with Crippen LogP contribution in [0.15, 0.2) is 121 Å². The maximum Gasteiger partial charge on any atom is 0.488 e. The van der Waals surface area contributed by atoms with E-state index in [-0.39, 0.29) is 0 Å². The fourth-order valence-corrected chi connectivity index (χ4v) is 4.49. The lowest BCUT2D eigenvalue weighted by Gasteiger charge is -2.18. The number of nitrogens with zero attached hydrogens (tertiary/aromatic N) is 1. The number of nitriles is 1. The Morgan fingerprint density at radius 1 is 0.486 bits per heavy atom. The molecule has 0 aliphatic heterocycles. The van der Waals surface area contributed by atoms with Gasteiger partial charge in [0, 0.05) is 0 Å². The summed E-state index contributed by atoms with van der Waals surface area (Å²) in [5.41, 5.74) is 9.16. The fourth-order valence-electron chi connectivity index (χ4n) is 4.49. The molecule has 0 fully saturated rings. The van der Waals surface area contributed by atoms with Gasteiger partial charge in [0.25, 0.3) is 0 Å². The van der Waals surface area contributed by atoms with Crippen molar-refractivity contribution < 1.29 is 10.0 Å². The molecule has 0 heterocycles. The van der Waals surface area contributed by atoms with Crippen LogP contribution < -0.4 is 5.46 Å². The predicted octanol–water partition coefficient (Wildman–Crippen LogP) is 5.91. The molecule has 0 amide bonds. The highest BCUT2D eigenvalue weighted by atomic mass is 16.4. The average molecular weight is 451 g/mol. The summed E-state index contributed by atoms with van der Waals surface area (Å²) in [7, 11) is -1.55. The molecular weight excluding hydrogens is 429 g/mol. The van der Waals surface area contributed by atoms with Crippen molar-refractivity contribution in [2.45, 2.75) is 0 Å². The zero-order chi connectivity index (χ0) is 24.2. The van der Waals surface area contributed by atoms with Gasteiger partial charge in [-0.3, -0.25) is 0 Å². The van der Waals surface area contributed by atoms with E-state index >= 15 is 0 Å². The number of benzene rings is 5. The Hall–Kier alpha value is -4.43. The number of hydrogen-bond acceptors (Lipinski definition) is 3. The summed E-state index contributed by atoms with van der Waals surface area (Å²) < 4.78 is 0. The monoisotopic (exact) mass is 451 g/mol. The Bertz CT molecular complexity index is 1540. The van der Waals surface area contributed by atoms with E-state index in [9.17, 15) is 15.3 Å². The van der Waals surface area contributed by atoms with Gasteiger partial charge in [-0.15, -0.1) is 0 Å². The van der Waals surface area contributed by atoms with Crippen LogP contribution in [-0.2, 0) is 0 Å². The topological polar surface area (TPSA) is 64.2 Å². The normalized spacial score (nSPS) is 10.5. The highest BCUT2D eigenvalue weighted by Gasteiger charge is 2.18. The third kappa shape index (κ3) is 4.51. The summed E-state index contributed by atoms with van der Waals surface area (Å²) in [5.74, 6) is 0. The predicted molar refractivity (Wildman–Crippen MR) is 143 cm³/mol.